The zero-order valence-electron chi connectivity index (χ0n) is 10.5. The van der Waals surface area contributed by atoms with Crippen molar-refractivity contribution in [3.05, 3.63) is 26.6 Å². The van der Waals surface area contributed by atoms with Crippen molar-refractivity contribution in [2.75, 3.05) is 19.7 Å². The number of nitrogens with two attached hydrogens (primary N) is 1. The lowest BCUT2D eigenvalue weighted by atomic mass is 10.2. The van der Waals surface area contributed by atoms with Gasteiger partial charge in [-0.1, -0.05) is 0 Å². The molecule has 1 aromatic carbocycles. The summed E-state index contributed by atoms with van der Waals surface area (Å²) in [5.41, 5.74) is 6.60. The number of halogens is 2. The molecule has 1 aliphatic heterocycles. The molecule has 1 aromatic rings. The Morgan fingerprint density at radius 2 is 1.84 bits per heavy atom. The van der Waals surface area contributed by atoms with E-state index in [4.69, 9.17) is 10.5 Å². The summed E-state index contributed by atoms with van der Waals surface area (Å²) in [6.45, 7) is 2.22. The summed E-state index contributed by atoms with van der Waals surface area (Å²) in [4.78, 5) is 13.8. The van der Waals surface area contributed by atoms with Crippen LogP contribution in [-0.4, -0.2) is 30.5 Å². The van der Waals surface area contributed by atoms with E-state index in [0.717, 1.165) is 40.4 Å². The molecule has 4 nitrogen and oxygen atoms in total. The van der Waals surface area contributed by atoms with Gasteiger partial charge in [0.2, 0.25) is 0 Å². The second-order valence-corrected chi connectivity index (χ2v) is 6.18. The molecule has 1 heterocycles. The van der Waals surface area contributed by atoms with Crippen LogP contribution in [0.4, 0.5) is 0 Å². The third-order valence-corrected chi connectivity index (χ3v) is 4.27. The number of carbonyl (C=O) groups is 1. The lowest BCUT2D eigenvalue weighted by Gasteiger charge is -2.17. The first-order valence-electron chi connectivity index (χ1n) is 6.20. The van der Waals surface area contributed by atoms with Gasteiger partial charge in [0, 0.05) is 19.6 Å². The molecule has 1 aliphatic rings. The largest absolute Gasteiger partial charge is 0.481 e. The number of amides is 1. The fourth-order valence-electron chi connectivity index (χ4n) is 2.06. The quantitative estimate of drug-likeness (QED) is 0.858. The van der Waals surface area contributed by atoms with Gasteiger partial charge in [0.25, 0.3) is 5.91 Å². The number of benzene rings is 1. The highest BCUT2D eigenvalue weighted by Gasteiger charge is 2.19. The lowest BCUT2D eigenvalue weighted by molar-refractivity contribution is -0.132. The van der Waals surface area contributed by atoms with Crippen molar-refractivity contribution >= 4 is 37.8 Å². The minimum Gasteiger partial charge on any atom is -0.481 e. The van der Waals surface area contributed by atoms with Crippen LogP contribution in [0, 0.1) is 0 Å². The Hall–Kier alpha value is -0.590. The van der Waals surface area contributed by atoms with Crippen molar-refractivity contribution in [2.24, 2.45) is 5.73 Å². The Balaban J connectivity index is 2.01. The summed E-state index contributed by atoms with van der Waals surface area (Å²) in [7, 11) is 0. The summed E-state index contributed by atoms with van der Waals surface area (Å²) >= 11 is 6.87. The minimum absolute atomic E-state index is 0.0409. The number of hydrogen-bond acceptors (Lipinski definition) is 3. The molecule has 0 saturated carbocycles. The number of hydrogen-bond donors (Lipinski definition) is 1. The first kappa shape index (κ1) is 14.8. The fourth-order valence-corrected chi connectivity index (χ4v) is 3.57. The molecule has 2 rings (SSSR count). The van der Waals surface area contributed by atoms with E-state index in [9.17, 15) is 4.79 Å². The van der Waals surface area contributed by atoms with Crippen LogP contribution in [0.25, 0.3) is 0 Å². The summed E-state index contributed by atoms with van der Waals surface area (Å²) in [5.74, 6) is 0.684. The average Bonchev–Trinajstić information content (AvgIpc) is 2.91. The monoisotopic (exact) mass is 390 g/mol. The van der Waals surface area contributed by atoms with Gasteiger partial charge < -0.3 is 15.4 Å². The van der Waals surface area contributed by atoms with Crippen molar-refractivity contribution in [3.8, 4) is 5.75 Å². The lowest BCUT2D eigenvalue weighted by Crippen LogP contribution is -2.32. The number of ether oxygens (including phenoxy) is 1. The van der Waals surface area contributed by atoms with Gasteiger partial charge in [-0.15, -0.1) is 0 Å². The van der Waals surface area contributed by atoms with Crippen LogP contribution in [0.15, 0.2) is 21.1 Å². The van der Waals surface area contributed by atoms with Gasteiger partial charge in [-0.05, 0) is 62.4 Å². The number of rotatable bonds is 4. The number of nitrogens with zero attached hydrogens (tertiary/aromatic N) is 1. The minimum atomic E-state index is 0.0409. The first-order valence-corrected chi connectivity index (χ1v) is 7.79. The SMILES string of the molecule is NCc1cc(Br)c(OCC(=O)N2CCCC2)c(Br)c1. The molecule has 0 bridgehead atoms. The van der Waals surface area contributed by atoms with E-state index in [1.807, 2.05) is 17.0 Å². The Morgan fingerprint density at radius 3 is 2.37 bits per heavy atom. The third-order valence-electron chi connectivity index (χ3n) is 3.09. The van der Waals surface area contributed by atoms with Crippen molar-refractivity contribution in [3.63, 3.8) is 0 Å². The van der Waals surface area contributed by atoms with Crippen molar-refractivity contribution in [1.29, 1.82) is 0 Å². The number of likely N-dealkylation sites (tertiary alicyclic amines) is 1. The summed E-state index contributed by atoms with van der Waals surface area (Å²) in [6, 6.07) is 3.81. The van der Waals surface area contributed by atoms with Crippen molar-refractivity contribution in [1.82, 2.24) is 4.90 Å². The normalized spacial score (nSPS) is 14.8. The average molecular weight is 392 g/mol. The van der Waals surface area contributed by atoms with Crippen molar-refractivity contribution < 1.29 is 9.53 Å². The molecule has 0 aliphatic carbocycles. The van der Waals surface area contributed by atoms with Crippen molar-refractivity contribution in [2.45, 2.75) is 19.4 Å². The molecule has 19 heavy (non-hydrogen) atoms. The van der Waals surface area contributed by atoms with E-state index in [-0.39, 0.29) is 12.5 Å². The molecule has 0 aromatic heterocycles. The zero-order chi connectivity index (χ0) is 13.8. The van der Waals surface area contributed by atoms with Gasteiger partial charge in [0.1, 0.15) is 5.75 Å². The molecule has 2 N–H and O–H groups in total. The van der Waals surface area contributed by atoms with Gasteiger partial charge >= 0.3 is 0 Å². The molecular weight excluding hydrogens is 376 g/mol. The van der Waals surface area contributed by atoms with Crippen LogP contribution in [0.3, 0.4) is 0 Å². The smallest absolute Gasteiger partial charge is 0.260 e. The topological polar surface area (TPSA) is 55.6 Å². The van der Waals surface area contributed by atoms with E-state index in [1.165, 1.54) is 0 Å². The van der Waals surface area contributed by atoms with Crippen LogP contribution < -0.4 is 10.5 Å². The van der Waals surface area contributed by atoms with Gasteiger partial charge in [0.15, 0.2) is 6.61 Å². The fraction of sp³-hybridized carbons (Fsp3) is 0.462. The van der Waals surface area contributed by atoms with Gasteiger partial charge in [-0.2, -0.15) is 0 Å². The van der Waals surface area contributed by atoms with Gasteiger partial charge in [0.05, 0.1) is 8.95 Å². The maximum absolute atomic E-state index is 11.9. The molecule has 0 unspecified atom stereocenters. The van der Waals surface area contributed by atoms with Gasteiger partial charge in [-0.25, -0.2) is 0 Å². The van der Waals surface area contributed by atoms with Crippen LogP contribution in [0.2, 0.25) is 0 Å². The van der Waals surface area contributed by atoms with E-state index in [2.05, 4.69) is 31.9 Å². The summed E-state index contributed by atoms with van der Waals surface area (Å²) in [6.07, 6.45) is 2.18. The second-order valence-electron chi connectivity index (χ2n) is 4.47. The Bertz CT molecular complexity index is 451. The highest BCUT2D eigenvalue weighted by atomic mass is 79.9. The maximum atomic E-state index is 11.9. The highest BCUT2D eigenvalue weighted by Crippen LogP contribution is 2.34. The molecule has 0 radical (unpaired) electrons. The number of carbonyl (C=O) groups excluding carboxylic acids is 1. The molecule has 1 saturated heterocycles. The Morgan fingerprint density at radius 1 is 1.26 bits per heavy atom. The van der Waals surface area contributed by atoms with E-state index < -0.39 is 0 Å². The van der Waals surface area contributed by atoms with Crippen LogP contribution in [0.5, 0.6) is 5.75 Å². The molecule has 0 spiro atoms. The Kier molecular flexibility index (Phi) is 5.24. The predicted molar refractivity (Wildman–Crippen MR) is 81.0 cm³/mol. The third kappa shape index (κ3) is 3.70. The van der Waals surface area contributed by atoms with Crippen LogP contribution >= 0.6 is 31.9 Å². The molecule has 1 amide bonds. The Labute approximate surface area is 129 Å². The molecular formula is C13H16Br2N2O2. The predicted octanol–water partition coefficient (Wildman–Crippen LogP) is 2.67. The summed E-state index contributed by atoms with van der Waals surface area (Å²) in [5, 5.41) is 0. The molecule has 1 fully saturated rings. The molecule has 0 atom stereocenters. The maximum Gasteiger partial charge on any atom is 0.260 e. The summed E-state index contributed by atoms with van der Waals surface area (Å²) < 4.78 is 7.22. The zero-order valence-corrected chi connectivity index (χ0v) is 13.7. The van der Waals surface area contributed by atoms with Crippen LogP contribution in [-0.2, 0) is 11.3 Å². The highest BCUT2D eigenvalue weighted by molar-refractivity contribution is 9.11. The first-order chi connectivity index (χ1) is 9.11. The van der Waals surface area contributed by atoms with E-state index in [0.29, 0.717) is 12.3 Å². The van der Waals surface area contributed by atoms with Gasteiger partial charge in [-0.3, -0.25) is 4.79 Å². The second kappa shape index (κ2) is 6.72. The molecule has 6 heteroatoms. The standard InChI is InChI=1S/C13H16Br2N2O2/c14-10-5-9(7-16)6-11(15)13(10)19-8-12(18)17-3-1-2-4-17/h5-6H,1-4,7-8,16H2. The van der Waals surface area contributed by atoms with E-state index >= 15 is 0 Å². The van der Waals surface area contributed by atoms with E-state index in [1.54, 1.807) is 0 Å². The van der Waals surface area contributed by atoms with Crippen LogP contribution in [0.1, 0.15) is 18.4 Å². The molecule has 104 valence electrons.